The van der Waals surface area contributed by atoms with Crippen molar-refractivity contribution >= 4 is 24.3 Å². The lowest BCUT2D eigenvalue weighted by molar-refractivity contribution is -0.141. The Balaban J connectivity index is 0.00000306. The van der Waals surface area contributed by atoms with Crippen molar-refractivity contribution < 1.29 is 24.2 Å². The number of carboxylic acid groups (broad SMARTS) is 1. The number of ether oxygens (including phenoxy) is 2. The van der Waals surface area contributed by atoms with Gasteiger partial charge in [0.25, 0.3) is 0 Å². The van der Waals surface area contributed by atoms with Gasteiger partial charge in [0.2, 0.25) is 5.91 Å². The summed E-state index contributed by atoms with van der Waals surface area (Å²) in [6, 6.07) is 12.9. The Labute approximate surface area is 199 Å². The van der Waals surface area contributed by atoms with Crippen LogP contribution in [0.1, 0.15) is 41.7 Å². The predicted octanol–water partition coefficient (Wildman–Crippen LogP) is 2.87. The number of carbonyl (C=O) groups excluding carboxylic acids is 1. The molecule has 4 rings (SSSR count). The monoisotopic (exact) mass is 475 g/mol. The van der Waals surface area contributed by atoms with Gasteiger partial charge in [-0.2, -0.15) is 0 Å². The highest BCUT2D eigenvalue weighted by Gasteiger charge is 2.52. The molecule has 1 aromatic carbocycles. The topological polar surface area (TPSA) is 101 Å². The molecule has 0 radical (unpaired) electrons. The molecule has 2 aromatic rings. The lowest BCUT2D eigenvalue weighted by Crippen LogP contribution is -2.62. The first-order valence-corrected chi connectivity index (χ1v) is 10.9. The molecule has 1 aliphatic carbocycles. The summed E-state index contributed by atoms with van der Waals surface area (Å²) >= 11 is 0. The Bertz CT molecular complexity index is 944. The molecule has 1 saturated heterocycles. The standard InChI is InChI=1S/C24H29N3O5.ClH/c1-27(13-16-32-19-5-3-2-4-6-19)24(11-14-31-15-12-24)22(30)26-23(9-10-23)20-8-7-18(17-25-20)21(28)29;/h2-8,17H,9-16H2,1H3,(H,26,30)(H,28,29);1H. The highest BCUT2D eigenvalue weighted by atomic mass is 35.5. The first-order valence-electron chi connectivity index (χ1n) is 10.9. The van der Waals surface area contributed by atoms with Crippen molar-refractivity contribution in [3.63, 3.8) is 0 Å². The average Bonchev–Trinajstić information content (AvgIpc) is 3.60. The zero-order chi connectivity index (χ0) is 22.6. The minimum absolute atomic E-state index is 0. The zero-order valence-electron chi connectivity index (χ0n) is 18.7. The SMILES string of the molecule is CN(CCOc1ccccc1)C1(C(=O)NC2(c3ccc(C(=O)O)cn3)CC2)CCOCC1.Cl. The number of nitrogens with zero attached hydrogens (tertiary/aromatic N) is 2. The number of pyridine rings is 1. The van der Waals surface area contributed by atoms with E-state index in [0.717, 1.165) is 18.6 Å². The van der Waals surface area contributed by atoms with Crippen LogP contribution in [0.2, 0.25) is 0 Å². The molecule has 1 aliphatic heterocycles. The van der Waals surface area contributed by atoms with Gasteiger partial charge in [-0.15, -0.1) is 12.4 Å². The molecule has 0 unspecified atom stereocenters. The number of halogens is 1. The van der Waals surface area contributed by atoms with Crippen LogP contribution in [0, 0.1) is 0 Å². The van der Waals surface area contributed by atoms with Crippen LogP contribution in [0.15, 0.2) is 48.7 Å². The van der Waals surface area contributed by atoms with E-state index in [1.54, 1.807) is 6.07 Å². The smallest absolute Gasteiger partial charge is 0.337 e. The average molecular weight is 476 g/mol. The summed E-state index contributed by atoms with van der Waals surface area (Å²) in [5.74, 6) is -0.248. The van der Waals surface area contributed by atoms with Gasteiger partial charge in [-0.1, -0.05) is 18.2 Å². The Kier molecular flexibility index (Phi) is 7.94. The van der Waals surface area contributed by atoms with E-state index in [2.05, 4.69) is 15.2 Å². The minimum atomic E-state index is -1.02. The number of aromatic nitrogens is 1. The Morgan fingerprint density at radius 3 is 2.39 bits per heavy atom. The van der Waals surface area contributed by atoms with Gasteiger partial charge in [-0.25, -0.2) is 4.79 Å². The van der Waals surface area contributed by atoms with Crippen LogP contribution in [0.4, 0.5) is 0 Å². The van der Waals surface area contributed by atoms with Crippen LogP contribution in [-0.2, 0) is 15.1 Å². The molecule has 1 aromatic heterocycles. The van der Waals surface area contributed by atoms with Crippen molar-refractivity contribution in [2.75, 3.05) is 33.4 Å². The van der Waals surface area contributed by atoms with E-state index in [9.17, 15) is 9.59 Å². The molecule has 8 nitrogen and oxygen atoms in total. The number of aromatic carboxylic acids is 1. The number of benzene rings is 1. The molecular formula is C24H30ClN3O5. The maximum Gasteiger partial charge on any atom is 0.337 e. The van der Waals surface area contributed by atoms with E-state index in [-0.39, 0.29) is 23.9 Å². The quantitative estimate of drug-likeness (QED) is 0.575. The van der Waals surface area contributed by atoms with Gasteiger partial charge in [0.1, 0.15) is 17.9 Å². The molecule has 1 saturated carbocycles. The molecule has 178 valence electrons. The normalized spacial score (nSPS) is 18.1. The lowest BCUT2D eigenvalue weighted by atomic mass is 9.86. The Hall–Kier alpha value is -2.68. The van der Waals surface area contributed by atoms with Crippen LogP contribution in [0.25, 0.3) is 0 Å². The van der Waals surface area contributed by atoms with E-state index >= 15 is 0 Å². The van der Waals surface area contributed by atoms with Gasteiger partial charge in [-0.3, -0.25) is 14.7 Å². The number of hydrogen-bond acceptors (Lipinski definition) is 6. The van der Waals surface area contributed by atoms with Crippen LogP contribution >= 0.6 is 12.4 Å². The van der Waals surface area contributed by atoms with Crippen molar-refractivity contribution in [2.45, 2.75) is 36.8 Å². The number of nitrogens with one attached hydrogen (secondary N) is 1. The predicted molar refractivity (Wildman–Crippen MR) is 125 cm³/mol. The number of carbonyl (C=O) groups is 2. The van der Waals surface area contributed by atoms with E-state index in [1.165, 1.54) is 12.3 Å². The molecule has 2 fully saturated rings. The summed E-state index contributed by atoms with van der Waals surface area (Å²) in [5, 5.41) is 12.4. The number of rotatable bonds is 9. The minimum Gasteiger partial charge on any atom is -0.492 e. The summed E-state index contributed by atoms with van der Waals surface area (Å²) in [6.45, 7) is 2.12. The van der Waals surface area contributed by atoms with Crippen molar-refractivity contribution in [1.82, 2.24) is 15.2 Å². The first kappa shape index (κ1) is 25.0. The number of hydrogen-bond donors (Lipinski definition) is 2. The second-order valence-corrected chi connectivity index (χ2v) is 8.50. The third-order valence-electron chi connectivity index (χ3n) is 6.52. The summed E-state index contributed by atoms with van der Waals surface area (Å²) in [4.78, 5) is 31.1. The number of amides is 1. The van der Waals surface area contributed by atoms with E-state index in [4.69, 9.17) is 14.6 Å². The van der Waals surface area contributed by atoms with Crippen LogP contribution < -0.4 is 10.1 Å². The molecule has 2 heterocycles. The zero-order valence-corrected chi connectivity index (χ0v) is 19.5. The Morgan fingerprint density at radius 2 is 1.82 bits per heavy atom. The Morgan fingerprint density at radius 1 is 1.12 bits per heavy atom. The molecule has 9 heteroatoms. The van der Waals surface area contributed by atoms with E-state index in [1.807, 2.05) is 37.4 Å². The van der Waals surface area contributed by atoms with Gasteiger partial charge in [0.15, 0.2) is 0 Å². The fourth-order valence-electron chi connectivity index (χ4n) is 4.23. The number of para-hydroxylation sites is 1. The molecule has 0 atom stereocenters. The van der Waals surface area contributed by atoms with Gasteiger partial charge < -0.3 is 19.9 Å². The van der Waals surface area contributed by atoms with Crippen molar-refractivity contribution in [2.24, 2.45) is 0 Å². The summed E-state index contributed by atoms with van der Waals surface area (Å²) < 4.78 is 11.4. The van der Waals surface area contributed by atoms with Crippen LogP contribution in [0.5, 0.6) is 5.75 Å². The summed E-state index contributed by atoms with van der Waals surface area (Å²) in [6.07, 6.45) is 4.11. The van der Waals surface area contributed by atoms with Gasteiger partial charge in [0.05, 0.1) is 16.8 Å². The summed E-state index contributed by atoms with van der Waals surface area (Å²) in [7, 11) is 1.96. The van der Waals surface area contributed by atoms with Crippen LogP contribution in [0.3, 0.4) is 0 Å². The third-order valence-corrected chi connectivity index (χ3v) is 6.52. The molecular weight excluding hydrogens is 446 g/mol. The summed E-state index contributed by atoms with van der Waals surface area (Å²) in [5.41, 5.74) is -0.376. The van der Waals surface area contributed by atoms with Gasteiger partial charge in [-0.05, 0) is 57.0 Å². The van der Waals surface area contributed by atoms with Crippen molar-refractivity contribution in [3.8, 4) is 5.75 Å². The van der Waals surface area contributed by atoms with E-state index < -0.39 is 17.0 Å². The maximum absolute atomic E-state index is 13.6. The molecule has 2 aliphatic rings. The lowest BCUT2D eigenvalue weighted by Gasteiger charge is -2.43. The molecule has 0 bridgehead atoms. The number of likely N-dealkylation sites (N-methyl/N-ethyl adjacent to an activating group) is 1. The first-order chi connectivity index (χ1) is 15.5. The van der Waals surface area contributed by atoms with E-state index in [0.29, 0.717) is 44.9 Å². The second kappa shape index (κ2) is 10.5. The molecule has 0 spiro atoms. The second-order valence-electron chi connectivity index (χ2n) is 8.50. The third kappa shape index (κ3) is 5.46. The van der Waals surface area contributed by atoms with Crippen molar-refractivity contribution in [1.29, 1.82) is 0 Å². The largest absolute Gasteiger partial charge is 0.492 e. The molecule has 33 heavy (non-hydrogen) atoms. The van der Waals surface area contributed by atoms with Gasteiger partial charge >= 0.3 is 5.97 Å². The van der Waals surface area contributed by atoms with Crippen LogP contribution in [-0.4, -0.2) is 65.8 Å². The molecule has 2 N–H and O–H groups in total. The van der Waals surface area contributed by atoms with Gasteiger partial charge in [0, 0.05) is 26.0 Å². The fourth-order valence-corrected chi connectivity index (χ4v) is 4.23. The maximum atomic E-state index is 13.6. The van der Waals surface area contributed by atoms with Crippen molar-refractivity contribution in [3.05, 3.63) is 59.9 Å². The number of carboxylic acids is 1. The molecule has 1 amide bonds. The fraction of sp³-hybridized carbons (Fsp3) is 0.458. The highest BCUT2D eigenvalue weighted by molar-refractivity contribution is 5.88. The highest BCUT2D eigenvalue weighted by Crippen LogP contribution is 2.45.